The van der Waals surface area contributed by atoms with Gasteiger partial charge in [-0.2, -0.15) is 0 Å². The standard InChI is InChI=1S/C12H13ClN2S/c1-7(14)12-11(15-8(2)16-12)9-5-3-4-6-10(9)13/h3-7H,14H2,1-2H3. The van der Waals surface area contributed by atoms with Crippen molar-refractivity contribution < 1.29 is 0 Å². The van der Waals surface area contributed by atoms with Crippen LogP contribution in [-0.2, 0) is 0 Å². The summed E-state index contributed by atoms with van der Waals surface area (Å²) in [7, 11) is 0. The lowest BCUT2D eigenvalue weighted by molar-refractivity contribution is 0.837. The number of hydrogen-bond acceptors (Lipinski definition) is 3. The molecule has 1 heterocycles. The van der Waals surface area contributed by atoms with Gasteiger partial charge < -0.3 is 5.73 Å². The van der Waals surface area contributed by atoms with Gasteiger partial charge in [-0.15, -0.1) is 11.3 Å². The van der Waals surface area contributed by atoms with Crippen LogP contribution >= 0.6 is 22.9 Å². The molecule has 0 aliphatic rings. The monoisotopic (exact) mass is 252 g/mol. The summed E-state index contributed by atoms with van der Waals surface area (Å²) in [6.07, 6.45) is 0. The molecule has 0 bridgehead atoms. The molecule has 1 atom stereocenters. The van der Waals surface area contributed by atoms with Crippen LogP contribution in [-0.4, -0.2) is 4.98 Å². The maximum absolute atomic E-state index is 6.17. The molecular formula is C12H13ClN2S. The maximum Gasteiger partial charge on any atom is 0.0905 e. The van der Waals surface area contributed by atoms with E-state index in [0.717, 1.165) is 26.2 Å². The summed E-state index contributed by atoms with van der Waals surface area (Å²) < 4.78 is 0. The van der Waals surface area contributed by atoms with Crippen LogP contribution in [0.4, 0.5) is 0 Å². The van der Waals surface area contributed by atoms with Crippen LogP contribution in [0.25, 0.3) is 11.3 Å². The molecule has 2 aromatic rings. The number of benzene rings is 1. The number of aryl methyl sites for hydroxylation is 1. The average molecular weight is 253 g/mol. The molecule has 16 heavy (non-hydrogen) atoms. The van der Waals surface area contributed by atoms with E-state index in [-0.39, 0.29) is 6.04 Å². The number of thiazole rings is 1. The predicted molar refractivity (Wildman–Crippen MR) is 69.9 cm³/mol. The van der Waals surface area contributed by atoms with Gasteiger partial charge in [0.15, 0.2) is 0 Å². The third-order valence-electron chi connectivity index (χ3n) is 2.30. The minimum absolute atomic E-state index is 0.0162. The minimum atomic E-state index is -0.0162. The van der Waals surface area contributed by atoms with E-state index in [2.05, 4.69) is 4.98 Å². The summed E-state index contributed by atoms with van der Waals surface area (Å²) in [5, 5.41) is 1.73. The third-order valence-corrected chi connectivity index (χ3v) is 3.80. The summed E-state index contributed by atoms with van der Waals surface area (Å²) in [6.45, 7) is 3.95. The molecule has 2 N–H and O–H groups in total. The molecule has 0 saturated carbocycles. The van der Waals surface area contributed by atoms with E-state index in [1.807, 2.05) is 38.1 Å². The van der Waals surface area contributed by atoms with Gasteiger partial charge in [0.05, 0.1) is 10.7 Å². The van der Waals surface area contributed by atoms with Gasteiger partial charge in [-0.05, 0) is 19.9 Å². The molecule has 84 valence electrons. The van der Waals surface area contributed by atoms with Crippen molar-refractivity contribution in [2.24, 2.45) is 5.73 Å². The first-order valence-corrected chi connectivity index (χ1v) is 6.27. The quantitative estimate of drug-likeness (QED) is 0.883. The highest BCUT2D eigenvalue weighted by Gasteiger charge is 2.16. The normalized spacial score (nSPS) is 12.8. The zero-order chi connectivity index (χ0) is 11.7. The fourth-order valence-electron chi connectivity index (χ4n) is 1.60. The zero-order valence-electron chi connectivity index (χ0n) is 9.20. The van der Waals surface area contributed by atoms with E-state index in [1.165, 1.54) is 0 Å². The van der Waals surface area contributed by atoms with Crippen molar-refractivity contribution in [3.63, 3.8) is 0 Å². The van der Waals surface area contributed by atoms with Crippen molar-refractivity contribution >= 4 is 22.9 Å². The van der Waals surface area contributed by atoms with Crippen LogP contribution in [0.5, 0.6) is 0 Å². The van der Waals surface area contributed by atoms with E-state index in [0.29, 0.717) is 0 Å². The summed E-state index contributed by atoms with van der Waals surface area (Å²) in [4.78, 5) is 5.61. The van der Waals surface area contributed by atoms with Crippen LogP contribution < -0.4 is 5.73 Å². The van der Waals surface area contributed by atoms with Crippen molar-refractivity contribution in [3.05, 3.63) is 39.2 Å². The molecule has 0 saturated heterocycles. The Labute approximate surface area is 104 Å². The topological polar surface area (TPSA) is 38.9 Å². The molecule has 2 nitrogen and oxygen atoms in total. The van der Waals surface area contributed by atoms with Crippen LogP contribution in [0.3, 0.4) is 0 Å². The fraction of sp³-hybridized carbons (Fsp3) is 0.250. The summed E-state index contributed by atoms with van der Waals surface area (Å²) in [6, 6.07) is 7.70. The minimum Gasteiger partial charge on any atom is -0.323 e. The number of rotatable bonds is 2. The lowest BCUT2D eigenvalue weighted by Gasteiger charge is -2.06. The Bertz CT molecular complexity index is 505. The van der Waals surface area contributed by atoms with Gasteiger partial charge in [0.2, 0.25) is 0 Å². The van der Waals surface area contributed by atoms with Crippen LogP contribution in [0.2, 0.25) is 5.02 Å². The number of halogens is 1. The Morgan fingerprint density at radius 3 is 2.69 bits per heavy atom. The highest BCUT2D eigenvalue weighted by Crippen LogP contribution is 2.35. The first-order chi connectivity index (χ1) is 7.59. The van der Waals surface area contributed by atoms with E-state index >= 15 is 0 Å². The first-order valence-electron chi connectivity index (χ1n) is 5.07. The highest BCUT2D eigenvalue weighted by atomic mass is 35.5. The average Bonchev–Trinajstić information content (AvgIpc) is 2.61. The number of nitrogens with two attached hydrogens (primary N) is 1. The number of aromatic nitrogens is 1. The Morgan fingerprint density at radius 2 is 2.06 bits per heavy atom. The van der Waals surface area contributed by atoms with Crippen LogP contribution in [0.15, 0.2) is 24.3 Å². The van der Waals surface area contributed by atoms with Crippen LogP contribution in [0.1, 0.15) is 22.9 Å². The molecule has 0 aliphatic carbocycles. The molecule has 0 fully saturated rings. The largest absolute Gasteiger partial charge is 0.323 e. The van der Waals surface area contributed by atoms with Crippen molar-refractivity contribution in [1.82, 2.24) is 4.98 Å². The fourth-order valence-corrected chi connectivity index (χ4v) is 2.72. The second kappa shape index (κ2) is 4.53. The first kappa shape index (κ1) is 11.6. The van der Waals surface area contributed by atoms with Crippen molar-refractivity contribution in [1.29, 1.82) is 0 Å². The second-order valence-corrected chi connectivity index (χ2v) is 5.36. The Hall–Kier alpha value is -0.900. The molecule has 1 aromatic carbocycles. The number of hydrogen-bond donors (Lipinski definition) is 1. The third kappa shape index (κ3) is 2.12. The predicted octanol–water partition coefficient (Wildman–Crippen LogP) is 3.79. The molecular weight excluding hydrogens is 240 g/mol. The van der Waals surface area contributed by atoms with E-state index in [4.69, 9.17) is 17.3 Å². The lowest BCUT2D eigenvalue weighted by Crippen LogP contribution is -2.04. The SMILES string of the molecule is Cc1nc(-c2ccccc2Cl)c(C(C)N)s1. The molecule has 0 radical (unpaired) electrons. The van der Waals surface area contributed by atoms with Gasteiger partial charge in [-0.1, -0.05) is 29.8 Å². The van der Waals surface area contributed by atoms with Gasteiger partial charge in [-0.25, -0.2) is 4.98 Å². The maximum atomic E-state index is 6.17. The molecule has 0 amide bonds. The van der Waals surface area contributed by atoms with E-state index in [9.17, 15) is 0 Å². The van der Waals surface area contributed by atoms with E-state index < -0.39 is 0 Å². The Balaban J connectivity index is 2.60. The molecule has 4 heteroatoms. The zero-order valence-corrected chi connectivity index (χ0v) is 10.8. The molecule has 1 aromatic heterocycles. The molecule has 0 spiro atoms. The second-order valence-electron chi connectivity index (χ2n) is 3.71. The lowest BCUT2D eigenvalue weighted by atomic mass is 10.1. The smallest absolute Gasteiger partial charge is 0.0905 e. The van der Waals surface area contributed by atoms with E-state index in [1.54, 1.807) is 11.3 Å². The van der Waals surface area contributed by atoms with Crippen molar-refractivity contribution in [3.8, 4) is 11.3 Å². The summed E-state index contributed by atoms with van der Waals surface area (Å²) >= 11 is 7.80. The van der Waals surface area contributed by atoms with Gasteiger partial charge >= 0.3 is 0 Å². The summed E-state index contributed by atoms with van der Waals surface area (Å²) in [5.41, 5.74) is 7.82. The molecule has 2 rings (SSSR count). The highest BCUT2D eigenvalue weighted by molar-refractivity contribution is 7.12. The van der Waals surface area contributed by atoms with Crippen molar-refractivity contribution in [2.45, 2.75) is 19.9 Å². The van der Waals surface area contributed by atoms with Crippen LogP contribution in [0, 0.1) is 6.92 Å². The Morgan fingerprint density at radius 1 is 1.38 bits per heavy atom. The molecule has 0 aliphatic heterocycles. The van der Waals surface area contributed by atoms with Gasteiger partial charge in [0, 0.05) is 21.5 Å². The van der Waals surface area contributed by atoms with Crippen molar-refractivity contribution in [2.75, 3.05) is 0 Å². The molecule has 1 unspecified atom stereocenters. The number of nitrogens with zero attached hydrogens (tertiary/aromatic N) is 1. The summed E-state index contributed by atoms with van der Waals surface area (Å²) in [5.74, 6) is 0. The van der Waals surface area contributed by atoms with Gasteiger partial charge in [0.1, 0.15) is 0 Å². The van der Waals surface area contributed by atoms with Gasteiger partial charge in [0.25, 0.3) is 0 Å². The Kier molecular flexibility index (Phi) is 3.28. The van der Waals surface area contributed by atoms with Gasteiger partial charge in [-0.3, -0.25) is 0 Å².